The van der Waals surface area contributed by atoms with Crippen LogP contribution < -0.4 is 14.8 Å². The molecule has 3 aromatic rings. The zero-order valence-electron chi connectivity index (χ0n) is 14.9. The van der Waals surface area contributed by atoms with Gasteiger partial charge in [0, 0.05) is 11.3 Å². The normalized spacial score (nSPS) is 11.3. The van der Waals surface area contributed by atoms with Crippen molar-refractivity contribution in [2.24, 2.45) is 0 Å². The van der Waals surface area contributed by atoms with Crippen LogP contribution in [0.4, 0.5) is 11.5 Å². The van der Waals surface area contributed by atoms with Crippen molar-refractivity contribution in [3.8, 4) is 11.5 Å². The molecule has 1 heterocycles. The number of amides is 1. The third-order valence-electron chi connectivity index (χ3n) is 3.87. The Balaban J connectivity index is 1.89. The zero-order valence-corrected chi connectivity index (χ0v) is 14.9. The van der Waals surface area contributed by atoms with Crippen LogP contribution in [-0.2, 0) is 4.79 Å². The molecule has 2 aromatic carbocycles. The van der Waals surface area contributed by atoms with Gasteiger partial charge in [0.2, 0.25) is 11.9 Å². The number of methoxy groups -OCH3 is 1. The Morgan fingerprint density at radius 1 is 1.07 bits per heavy atom. The molecule has 0 saturated heterocycles. The topological polar surface area (TPSA) is 104 Å². The molecule has 1 aromatic heterocycles. The summed E-state index contributed by atoms with van der Waals surface area (Å²) in [5.74, 6) is -0.374. The monoisotopic (exact) mass is 379 g/mol. The highest BCUT2D eigenvalue weighted by Gasteiger charge is 2.27. The molecular formula is C20H17N3O5. The van der Waals surface area contributed by atoms with Crippen LogP contribution in [0, 0.1) is 10.1 Å². The smallest absolute Gasteiger partial charge is 0.406 e. The van der Waals surface area contributed by atoms with Gasteiger partial charge in [0.05, 0.1) is 7.11 Å². The van der Waals surface area contributed by atoms with E-state index < -0.39 is 22.8 Å². The first-order valence-corrected chi connectivity index (χ1v) is 8.34. The van der Waals surface area contributed by atoms with E-state index >= 15 is 0 Å². The van der Waals surface area contributed by atoms with Crippen molar-refractivity contribution in [1.82, 2.24) is 4.98 Å². The number of hydrogen-bond donors (Lipinski definition) is 1. The highest BCUT2D eigenvalue weighted by atomic mass is 16.6. The molecule has 1 amide bonds. The summed E-state index contributed by atoms with van der Waals surface area (Å²) < 4.78 is 10.8. The maximum Gasteiger partial charge on any atom is 0.406 e. The molecule has 0 spiro atoms. The lowest BCUT2D eigenvalue weighted by molar-refractivity contribution is -0.390. The Morgan fingerprint density at radius 3 is 2.43 bits per heavy atom. The number of benzene rings is 2. The van der Waals surface area contributed by atoms with E-state index in [1.54, 1.807) is 61.7 Å². The third-order valence-corrected chi connectivity index (χ3v) is 3.87. The molecule has 0 aliphatic heterocycles. The molecule has 0 saturated carbocycles. The Morgan fingerprint density at radius 2 is 1.79 bits per heavy atom. The van der Waals surface area contributed by atoms with Crippen molar-refractivity contribution in [1.29, 1.82) is 0 Å². The number of rotatable bonds is 7. The summed E-state index contributed by atoms with van der Waals surface area (Å²) in [5, 5.41) is 14.0. The molecule has 0 aliphatic rings. The van der Waals surface area contributed by atoms with Crippen molar-refractivity contribution < 1.29 is 19.2 Å². The van der Waals surface area contributed by atoms with Gasteiger partial charge in [0.1, 0.15) is 11.9 Å². The molecule has 8 heteroatoms. The average Bonchev–Trinajstić information content (AvgIpc) is 2.73. The number of carbonyl (C=O) groups excluding carboxylic acids is 1. The minimum absolute atomic E-state index is 0.0915. The minimum atomic E-state index is -1.11. The summed E-state index contributed by atoms with van der Waals surface area (Å²) in [4.78, 5) is 27.2. The number of carbonyl (C=O) groups is 1. The van der Waals surface area contributed by atoms with Crippen molar-refractivity contribution in [3.05, 3.63) is 88.6 Å². The number of hydrogen-bond acceptors (Lipinski definition) is 6. The fourth-order valence-corrected chi connectivity index (χ4v) is 2.52. The molecule has 3 rings (SSSR count). The van der Waals surface area contributed by atoms with Gasteiger partial charge in [-0.25, -0.2) is 0 Å². The second kappa shape index (κ2) is 8.63. The van der Waals surface area contributed by atoms with E-state index in [0.717, 1.165) is 0 Å². The third kappa shape index (κ3) is 4.42. The molecule has 28 heavy (non-hydrogen) atoms. The largest absolute Gasteiger partial charge is 0.497 e. The van der Waals surface area contributed by atoms with Crippen LogP contribution in [0.5, 0.6) is 11.5 Å². The number of ether oxygens (including phenoxy) is 2. The van der Waals surface area contributed by atoms with Crippen LogP contribution in [-0.4, -0.2) is 22.9 Å². The maximum absolute atomic E-state index is 12.9. The number of aromatic nitrogens is 1. The van der Waals surface area contributed by atoms with Crippen LogP contribution >= 0.6 is 0 Å². The van der Waals surface area contributed by atoms with E-state index in [2.05, 4.69) is 10.3 Å². The second-order valence-corrected chi connectivity index (χ2v) is 5.71. The van der Waals surface area contributed by atoms with Crippen molar-refractivity contribution >= 4 is 17.4 Å². The fraction of sp³-hybridized carbons (Fsp3) is 0.100. The molecule has 0 unspecified atom stereocenters. The Labute approximate surface area is 160 Å². The van der Waals surface area contributed by atoms with Gasteiger partial charge in [-0.05, 0) is 46.3 Å². The average molecular weight is 379 g/mol. The molecule has 0 fully saturated rings. The molecule has 0 aliphatic carbocycles. The van der Waals surface area contributed by atoms with E-state index in [4.69, 9.17) is 9.47 Å². The molecule has 8 nitrogen and oxygen atoms in total. The van der Waals surface area contributed by atoms with Crippen molar-refractivity contribution in [3.63, 3.8) is 0 Å². The lowest BCUT2D eigenvalue weighted by atomic mass is 10.1. The van der Waals surface area contributed by atoms with Crippen molar-refractivity contribution in [2.75, 3.05) is 12.4 Å². The first-order valence-electron chi connectivity index (χ1n) is 8.34. The first-order chi connectivity index (χ1) is 13.6. The Bertz CT molecular complexity index is 961. The Hall–Kier alpha value is -3.94. The standard InChI is InChI=1S/C20H17N3O5/c1-27-16-11-9-15(10-12-16)22-20(24)18(14-6-3-2-4-7-14)28-17-8-5-13-21-19(17)23(25)26/h2-13,18H,1H3,(H,22,24)/t18-/m0/s1. The lowest BCUT2D eigenvalue weighted by Crippen LogP contribution is -2.26. The predicted molar refractivity (Wildman–Crippen MR) is 102 cm³/mol. The van der Waals surface area contributed by atoms with Crippen LogP contribution in [0.2, 0.25) is 0 Å². The first kappa shape index (κ1) is 18.8. The van der Waals surface area contributed by atoms with Gasteiger partial charge in [0.15, 0.2) is 0 Å². The molecular weight excluding hydrogens is 362 g/mol. The molecule has 1 N–H and O–H groups in total. The summed E-state index contributed by atoms with van der Waals surface area (Å²) >= 11 is 0. The molecule has 1 atom stereocenters. The number of nitro groups is 1. The van der Waals surface area contributed by atoms with E-state index in [0.29, 0.717) is 17.0 Å². The quantitative estimate of drug-likeness (QED) is 0.495. The van der Waals surface area contributed by atoms with Crippen LogP contribution in [0.25, 0.3) is 0 Å². The highest BCUT2D eigenvalue weighted by molar-refractivity contribution is 5.95. The van der Waals surface area contributed by atoms with E-state index in [9.17, 15) is 14.9 Å². The van der Waals surface area contributed by atoms with Gasteiger partial charge in [0.25, 0.3) is 5.91 Å². The van der Waals surface area contributed by atoms with Gasteiger partial charge in [-0.1, -0.05) is 30.3 Å². The van der Waals surface area contributed by atoms with Gasteiger partial charge in [-0.2, -0.15) is 0 Å². The summed E-state index contributed by atoms with van der Waals surface area (Å²) in [6, 6.07) is 18.4. The SMILES string of the molecule is COc1ccc(NC(=O)[C@@H](Oc2cccnc2[N+](=O)[O-])c2ccccc2)cc1. The van der Waals surface area contributed by atoms with Gasteiger partial charge in [-0.15, -0.1) is 0 Å². The summed E-state index contributed by atoms with van der Waals surface area (Å²) in [6.07, 6.45) is 0.186. The van der Waals surface area contributed by atoms with Gasteiger partial charge in [-0.3, -0.25) is 4.79 Å². The summed E-state index contributed by atoms with van der Waals surface area (Å²) in [7, 11) is 1.55. The fourth-order valence-electron chi connectivity index (χ4n) is 2.52. The minimum Gasteiger partial charge on any atom is -0.497 e. The highest BCUT2D eigenvalue weighted by Crippen LogP contribution is 2.29. The van der Waals surface area contributed by atoms with Crippen LogP contribution in [0.1, 0.15) is 11.7 Å². The van der Waals surface area contributed by atoms with Crippen LogP contribution in [0.3, 0.4) is 0 Å². The van der Waals surface area contributed by atoms with Crippen LogP contribution in [0.15, 0.2) is 72.9 Å². The van der Waals surface area contributed by atoms with E-state index in [1.165, 1.54) is 18.3 Å². The zero-order chi connectivity index (χ0) is 19.9. The second-order valence-electron chi connectivity index (χ2n) is 5.71. The summed E-state index contributed by atoms with van der Waals surface area (Å²) in [5.41, 5.74) is 1.09. The Kier molecular flexibility index (Phi) is 5.81. The maximum atomic E-state index is 12.9. The predicted octanol–water partition coefficient (Wildman–Crippen LogP) is 3.76. The lowest BCUT2D eigenvalue weighted by Gasteiger charge is -2.19. The summed E-state index contributed by atoms with van der Waals surface area (Å²) in [6.45, 7) is 0. The van der Waals surface area contributed by atoms with E-state index in [-0.39, 0.29) is 5.75 Å². The number of anilines is 1. The van der Waals surface area contributed by atoms with Gasteiger partial charge < -0.3 is 24.9 Å². The number of pyridine rings is 1. The molecule has 0 bridgehead atoms. The number of nitrogens with zero attached hydrogens (tertiary/aromatic N) is 2. The van der Waals surface area contributed by atoms with Gasteiger partial charge >= 0.3 is 5.82 Å². The number of nitrogens with one attached hydrogen (secondary N) is 1. The molecule has 0 radical (unpaired) electrons. The molecule has 142 valence electrons. The van der Waals surface area contributed by atoms with E-state index in [1.807, 2.05) is 0 Å². The van der Waals surface area contributed by atoms with Crippen molar-refractivity contribution in [2.45, 2.75) is 6.10 Å².